The van der Waals surface area contributed by atoms with Crippen LogP contribution in [0.3, 0.4) is 0 Å². The van der Waals surface area contributed by atoms with Gasteiger partial charge in [0.05, 0.1) is 32.2 Å². The van der Waals surface area contributed by atoms with Crippen molar-refractivity contribution in [2.75, 3.05) is 33.6 Å². The Morgan fingerprint density at radius 2 is 1.78 bits per heavy atom. The number of piperidine rings is 1. The lowest BCUT2D eigenvalue weighted by Gasteiger charge is -2.50. The number of rotatable bonds is 4. The molecule has 0 saturated carbocycles. The zero-order valence-electron chi connectivity index (χ0n) is 18.4. The maximum atomic E-state index is 12.1. The van der Waals surface area contributed by atoms with E-state index in [1.54, 1.807) is 14.2 Å². The van der Waals surface area contributed by atoms with E-state index in [0.717, 1.165) is 29.0 Å². The molecule has 2 aromatic carbocycles. The third-order valence-electron chi connectivity index (χ3n) is 6.60. The SMILES string of the molecule is COc1ccc(C2=NN3C(C2)c2ccccc2OC32CCN(S(C)(=O)=O)CC2)cc1OC. The van der Waals surface area contributed by atoms with Crippen molar-refractivity contribution in [3.05, 3.63) is 53.6 Å². The Hall–Kier alpha value is -2.78. The molecule has 0 radical (unpaired) electrons. The molecule has 3 heterocycles. The molecular formula is C23H27N3O5S. The molecule has 32 heavy (non-hydrogen) atoms. The molecule has 1 unspecified atom stereocenters. The molecule has 0 aliphatic carbocycles. The van der Waals surface area contributed by atoms with Crippen molar-refractivity contribution in [2.45, 2.75) is 31.0 Å². The predicted molar refractivity (Wildman–Crippen MR) is 121 cm³/mol. The Balaban J connectivity index is 1.53. The zero-order valence-corrected chi connectivity index (χ0v) is 19.3. The van der Waals surface area contributed by atoms with Crippen molar-refractivity contribution in [3.63, 3.8) is 0 Å². The monoisotopic (exact) mass is 457 g/mol. The summed E-state index contributed by atoms with van der Waals surface area (Å²) in [4.78, 5) is 0. The molecule has 5 rings (SSSR count). The van der Waals surface area contributed by atoms with Crippen molar-refractivity contribution >= 4 is 15.7 Å². The lowest BCUT2D eigenvalue weighted by Crippen LogP contribution is -2.59. The fourth-order valence-corrected chi connectivity index (χ4v) is 5.76. The van der Waals surface area contributed by atoms with Gasteiger partial charge in [-0.15, -0.1) is 0 Å². The summed E-state index contributed by atoms with van der Waals surface area (Å²) in [5.74, 6) is 2.18. The van der Waals surface area contributed by atoms with E-state index < -0.39 is 15.7 Å². The van der Waals surface area contributed by atoms with Crippen LogP contribution in [0.1, 0.15) is 36.4 Å². The average Bonchev–Trinajstić information content (AvgIpc) is 3.25. The number of ether oxygens (including phenoxy) is 3. The van der Waals surface area contributed by atoms with Crippen LogP contribution in [0.4, 0.5) is 0 Å². The van der Waals surface area contributed by atoms with Gasteiger partial charge in [0, 0.05) is 43.5 Å². The fourth-order valence-electron chi connectivity index (χ4n) is 4.92. The first kappa shape index (κ1) is 21.1. The summed E-state index contributed by atoms with van der Waals surface area (Å²) in [5.41, 5.74) is 2.35. The van der Waals surface area contributed by atoms with Crippen molar-refractivity contribution in [1.29, 1.82) is 0 Å². The van der Waals surface area contributed by atoms with Gasteiger partial charge in [-0.05, 0) is 24.3 Å². The number of nitrogens with zero attached hydrogens (tertiary/aromatic N) is 3. The summed E-state index contributed by atoms with van der Waals surface area (Å²) in [5, 5.41) is 7.11. The second-order valence-electron chi connectivity index (χ2n) is 8.43. The number of hydrogen-bond acceptors (Lipinski definition) is 7. The normalized spacial score (nSPS) is 22.0. The van der Waals surface area contributed by atoms with Crippen LogP contribution in [-0.2, 0) is 10.0 Å². The summed E-state index contributed by atoms with van der Waals surface area (Å²) in [6.07, 6.45) is 3.09. The number of hydrogen-bond donors (Lipinski definition) is 0. The minimum absolute atomic E-state index is 0.0350. The molecule has 3 aliphatic rings. The summed E-state index contributed by atoms with van der Waals surface area (Å²) in [6, 6.07) is 13.9. The van der Waals surface area contributed by atoms with Crippen LogP contribution in [-0.4, -0.2) is 62.7 Å². The van der Waals surface area contributed by atoms with Crippen LogP contribution >= 0.6 is 0 Å². The van der Waals surface area contributed by atoms with Gasteiger partial charge in [-0.2, -0.15) is 5.10 Å². The Bertz CT molecular complexity index is 1170. The molecule has 1 saturated heterocycles. The van der Waals surface area contributed by atoms with E-state index >= 15 is 0 Å². The molecule has 1 atom stereocenters. The summed E-state index contributed by atoms with van der Waals surface area (Å²) in [7, 11) is 0.00364. The number of fused-ring (bicyclic) bond motifs is 4. The molecule has 0 N–H and O–H groups in total. The van der Waals surface area contributed by atoms with Crippen molar-refractivity contribution in [3.8, 4) is 17.2 Å². The van der Waals surface area contributed by atoms with Gasteiger partial charge < -0.3 is 14.2 Å². The topological polar surface area (TPSA) is 80.7 Å². The first-order valence-corrected chi connectivity index (χ1v) is 12.5. The molecule has 1 fully saturated rings. The minimum atomic E-state index is -3.23. The lowest BCUT2D eigenvalue weighted by atomic mass is 9.91. The van der Waals surface area contributed by atoms with Gasteiger partial charge in [0.2, 0.25) is 15.7 Å². The van der Waals surface area contributed by atoms with Crippen molar-refractivity contribution < 1.29 is 22.6 Å². The Kier molecular flexibility index (Phi) is 5.05. The van der Waals surface area contributed by atoms with Gasteiger partial charge in [-0.1, -0.05) is 18.2 Å². The molecule has 0 amide bonds. The van der Waals surface area contributed by atoms with E-state index in [1.165, 1.54) is 10.6 Å². The van der Waals surface area contributed by atoms with E-state index in [4.69, 9.17) is 19.3 Å². The Labute approximate surface area is 188 Å². The van der Waals surface area contributed by atoms with Crippen LogP contribution in [0.5, 0.6) is 17.2 Å². The molecule has 0 bridgehead atoms. The number of sulfonamides is 1. The summed E-state index contributed by atoms with van der Waals surface area (Å²) >= 11 is 0. The highest BCUT2D eigenvalue weighted by Crippen LogP contribution is 2.50. The third-order valence-corrected chi connectivity index (χ3v) is 7.90. The van der Waals surface area contributed by atoms with Gasteiger partial charge in [-0.3, -0.25) is 0 Å². The second kappa shape index (κ2) is 7.67. The molecule has 9 heteroatoms. The summed E-state index contributed by atoms with van der Waals surface area (Å²) < 4.78 is 43.0. The van der Waals surface area contributed by atoms with Crippen molar-refractivity contribution in [1.82, 2.24) is 9.31 Å². The summed E-state index contributed by atoms with van der Waals surface area (Å²) in [6.45, 7) is 0.816. The maximum absolute atomic E-state index is 12.1. The standard InChI is InChI=1S/C23H27N3O5S/c1-29-21-9-8-16(14-22(21)30-2)18-15-19-17-6-4-5-7-20(17)31-23(26(19)24-18)10-12-25(13-11-23)32(3,27)28/h4-9,14,19H,10-13,15H2,1-3H3. The maximum Gasteiger partial charge on any atom is 0.211 e. The largest absolute Gasteiger partial charge is 0.493 e. The lowest BCUT2D eigenvalue weighted by molar-refractivity contribution is -0.143. The molecule has 1 spiro atoms. The van der Waals surface area contributed by atoms with Gasteiger partial charge in [0.1, 0.15) is 5.75 Å². The average molecular weight is 458 g/mol. The Morgan fingerprint density at radius 1 is 1.06 bits per heavy atom. The first-order valence-electron chi connectivity index (χ1n) is 10.7. The molecule has 0 aromatic heterocycles. The predicted octanol–water partition coefficient (Wildman–Crippen LogP) is 3.00. The highest BCUT2D eigenvalue weighted by molar-refractivity contribution is 7.88. The van der Waals surface area contributed by atoms with Crippen LogP contribution in [0, 0.1) is 0 Å². The highest BCUT2D eigenvalue weighted by atomic mass is 32.2. The van der Waals surface area contributed by atoms with Gasteiger partial charge in [0.15, 0.2) is 11.5 Å². The molecule has 3 aliphatic heterocycles. The van der Waals surface area contributed by atoms with Crippen molar-refractivity contribution in [2.24, 2.45) is 5.10 Å². The van der Waals surface area contributed by atoms with Gasteiger partial charge >= 0.3 is 0 Å². The molecule has 170 valence electrons. The van der Waals surface area contributed by atoms with E-state index in [1.807, 2.05) is 36.4 Å². The van der Waals surface area contributed by atoms with E-state index in [-0.39, 0.29) is 6.04 Å². The molecular weight excluding hydrogens is 430 g/mol. The third kappa shape index (κ3) is 3.40. The van der Waals surface area contributed by atoms with Crippen LogP contribution in [0.2, 0.25) is 0 Å². The van der Waals surface area contributed by atoms with E-state index in [9.17, 15) is 8.42 Å². The minimum Gasteiger partial charge on any atom is -0.493 e. The second-order valence-corrected chi connectivity index (χ2v) is 10.4. The number of methoxy groups -OCH3 is 2. The van der Waals surface area contributed by atoms with Crippen LogP contribution in [0.15, 0.2) is 47.6 Å². The number of hydrazone groups is 1. The highest BCUT2D eigenvalue weighted by Gasteiger charge is 2.52. The first-order chi connectivity index (χ1) is 15.3. The van der Waals surface area contributed by atoms with E-state index in [2.05, 4.69) is 11.1 Å². The Morgan fingerprint density at radius 3 is 2.47 bits per heavy atom. The fraction of sp³-hybridized carbons (Fsp3) is 0.435. The van der Waals surface area contributed by atoms with Crippen LogP contribution < -0.4 is 14.2 Å². The number of para-hydroxylation sites is 1. The van der Waals surface area contributed by atoms with E-state index in [0.29, 0.717) is 37.4 Å². The molecule has 2 aromatic rings. The van der Waals surface area contributed by atoms with Gasteiger partial charge in [-0.25, -0.2) is 17.7 Å². The quantitative estimate of drug-likeness (QED) is 0.702. The molecule has 8 nitrogen and oxygen atoms in total. The smallest absolute Gasteiger partial charge is 0.211 e. The zero-order chi connectivity index (χ0) is 22.5. The number of benzene rings is 2. The van der Waals surface area contributed by atoms with Gasteiger partial charge in [0.25, 0.3) is 0 Å². The van der Waals surface area contributed by atoms with Crippen LogP contribution in [0.25, 0.3) is 0 Å².